The van der Waals surface area contributed by atoms with Gasteiger partial charge in [0.2, 0.25) is 0 Å². The number of rotatable bonds is 1. The summed E-state index contributed by atoms with van der Waals surface area (Å²) >= 11 is 0. The number of piperidine rings is 1. The molecule has 0 aliphatic carbocycles. The molecule has 2 rings (SSSR count). The largest absolute Gasteiger partial charge is 0.356 e. The highest BCUT2D eigenvalue weighted by Crippen LogP contribution is 2.20. The van der Waals surface area contributed by atoms with Crippen molar-refractivity contribution in [3.05, 3.63) is 30.3 Å². The summed E-state index contributed by atoms with van der Waals surface area (Å²) < 4.78 is 0. The van der Waals surface area contributed by atoms with Crippen molar-refractivity contribution in [2.75, 3.05) is 18.0 Å². The minimum atomic E-state index is 0.621. The number of anilines is 1. The van der Waals surface area contributed by atoms with E-state index in [-0.39, 0.29) is 0 Å². The van der Waals surface area contributed by atoms with Crippen LogP contribution in [-0.2, 0) is 0 Å². The number of aromatic nitrogens is 1. The summed E-state index contributed by atoms with van der Waals surface area (Å²) in [6.45, 7) is 4.28. The van der Waals surface area contributed by atoms with Crippen LogP contribution in [0, 0.1) is 23.7 Å². The lowest BCUT2D eigenvalue weighted by atomic mass is 10.0. The van der Waals surface area contributed by atoms with Crippen molar-refractivity contribution in [2.24, 2.45) is 5.92 Å². The Morgan fingerprint density at radius 1 is 1.53 bits per heavy atom. The van der Waals surface area contributed by atoms with Crippen LogP contribution in [0.5, 0.6) is 0 Å². The van der Waals surface area contributed by atoms with Gasteiger partial charge in [-0.25, -0.2) is 4.98 Å². The normalized spacial score (nSPS) is 21.1. The summed E-state index contributed by atoms with van der Waals surface area (Å²) in [5, 5.41) is 8.67. The Labute approximate surface area is 90.4 Å². The molecule has 0 spiro atoms. The second kappa shape index (κ2) is 4.31. The number of nitriles is 1. The Morgan fingerprint density at radius 2 is 2.40 bits per heavy atom. The first-order valence-corrected chi connectivity index (χ1v) is 5.24. The van der Waals surface area contributed by atoms with Gasteiger partial charge in [-0.2, -0.15) is 5.26 Å². The Morgan fingerprint density at radius 3 is 3.00 bits per heavy atom. The van der Waals surface area contributed by atoms with E-state index in [4.69, 9.17) is 5.26 Å². The van der Waals surface area contributed by atoms with Crippen LogP contribution in [0.1, 0.15) is 18.9 Å². The molecule has 77 valence electrons. The second-order valence-corrected chi connectivity index (χ2v) is 3.96. The van der Waals surface area contributed by atoms with Crippen molar-refractivity contribution in [2.45, 2.75) is 13.3 Å². The molecule has 1 fully saturated rings. The van der Waals surface area contributed by atoms with Crippen LogP contribution in [0.15, 0.2) is 18.3 Å². The molecule has 0 saturated carbocycles. The van der Waals surface area contributed by atoms with Crippen LogP contribution >= 0.6 is 0 Å². The monoisotopic (exact) mass is 200 g/mol. The molecule has 1 atom stereocenters. The second-order valence-electron chi connectivity index (χ2n) is 3.96. The molecule has 1 radical (unpaired) electrons. The van der Waals surface area contributed by atoms with Crippen LogP contribution in [0.25, 0.3) is 0 Å². The lowest BCUT2D eigenvalue weighted by Gasteiger charge is -2.31. The van der Waals surface area contributed by atoms with Crippen LogP contribution in [-0.4, -0.2) is 18.1 Å². The average Bonchev–Trinajstić information content (AvgIpc) is 2.29. The summed E-state index contributed by atoms with van der Waals surface area (Å²) in [4.78, 5) is 6.57. The molecule has 0 aromatic carbocycles. The van der Waals surface area contributed by atoms with E-state index in [0.717, 1.165) is 25.3 Å². The van der Waals surface area contributed by atoms with E-state index >= 15 is 0 Å². The van der Waals surface area contributed by atoms with Gasteiger partial charge >= 0.3 is 0 Å². The first kappa shape index (κ1) is 9.97. The van der Waals surface area contributed by atoms with E-state index in [0.29, 0.717) is 11.5 Å². The summed E-state index contributed by atoms with van der Waals surface area (Å²) in [5.41, 5.74) is 0.621. The van der Waals surface area contributed by atoms with Gasteiger partial charge < -0.3 is 4.90 Å². The molecule has 3 heteroatoms. The minimum absolute atomic E-state index is 0.621. The highest BCUT2D eigenvalue weighted by molar-refractivity contribution is 5.42. The zero-order chi connectivity index (χ0) is 10.7. The van der Waals surface area contributed by atoms with E-state index in [1.165, 1.54) is 0 Å². The molecule has 15 heavy (non-hydrogen) atoms. The zero-order valence-corrected chi connectivity index (χ0v) is 8.85. The van der Waals surface area contributed by atoms with E-state index in [9.17, 15) is 0 Å². The minimum Gasteiger partial charge on any atom is -0.356 e. The fraction of sp³-hybridized carbons (Fsp3) is 0.417. The molecule has 3 nitrogen and oxygen atoms in total. The van der Waals surface area contributed by atoms with Crippen molar-refractivity contribution < 1.29 is 0 Å². The average molecular weight is 200 g/mol. The van der Waals surface area contributed by atoms with Crippen LogP contribution in [0.3, 0.4) is 0 Å². The van der Waals surface area contributed by atoms with Gasteiger partial charge in [0.05, 0.1) is 5.56 Å². The molecule has 0 amide bonds. The maximum Gasteiger partial charge on any atom is 0.128 e. The predicted octanol–water partition coefficient (Wildman–Crippen LogP) is 2.00. The Kier molecular flexibility index (Phi) is 2.86. The standard InChI is InChI=1S/C12H14N3/c1-10-3-2-6-15(9-10)12-5-4-11(7-13)8-14-12/h3-5,8,10H,2,6,9H2,1H3. The highest BCUT2D eigenvalue weighted by atomic mass is 15.2. The summed E-state index contributed by atoms with van der Waals surface area (Å²) in [7, 11) is 0. The molecule has 1 aromatic heterocycles. The van der Waals surface area contributed by atoms with Gasteiger partial charge in [-0.1, -0.05) is 6.92 Å². The maximum absolute atomic E-state index is 8.67. The lowest BCUT2D eigenvalue weighted by molar-refractivity contribution is 0.545. The number of hydrogen-bond donors (Lipinski definition) is 0. The van der Waals surface area contributed by atoms with Gasteiger partial charge in [-0.15, -0.1) is 0 Å². The molecule has 1 unspecified atom stereocenters. The third-order valence-electron chi connectivity index (χ3n) is 2.68. The summed E-state index contributed by atoms with van der Waals surface area (Å²) in [6, 6.07) is 5.83. The van der Waals surface area contributed by atoms with Gasteiger partial charge in [0.15, 0.2) is 0 Å². The van der Waals surface area contributed by atoms with Crippen molar-refractivity contribution in [1.82, 2.24) is 4.98 Å². The van der Waals surface area contributed by atoms with Crippen LogP contribution < -0.4 is 4.90 Å². The zero-order valence-electron chi connectivity index (χ0n) is 8.85. The van der Waals surface area contributed by atoms with E-state index in [1.54, 1.807) is 6.20 Å². The molecule has 1 aliphatic rings. The van der Waals surface area contributed by atoms with Gasteiger partial charge in [0.25, 0.3) is 0 Å². The van der Waals surface area contributed by atoms with Crippen molar-refractivity contribution in [3.63, 3.8) is 0 Å². The van der Waals surface area contributed by atoms with Crippen molar-refractivity contribution >= 4 is 5.82 Å². The number of nitrogens with zero attached hydrogens (tertiary/aromatic N) is 3. The SMILES string of the molecule is CC1[CH]CCN(c2ccc(C#N)cn2)C1. The predicted molar refractivity (Wildman–Crippen MR) is 59.2 cm³/mol. The molecule has 1 aliphatic heterocycles. The van der Waals surface area contributed by atoms with Crippen LogP contribution in [0.2, 0.25) is 0 Å². The molecule has 2 heterocycles. The highest BCUT2D eigenvalue weighted by Gasteiger charge is 2.17. The summed E-state index contributed by atoms with van der Waals surface area (Å²) in [6.07, 6.45) is 5.10. The third-order valence-corrected chi connectivity index (χ3v) is 2.68. The third kappa shape index (κ3) is 2.27. The Balaban J connectivity index is 2.12. The number of pyridine rings is 1. The maximum atomic E-state index is 8.67. The molecule has 0 N–H and O–H groups in total. The molecule has 1 saturated heterocycles. The fourth-order valence-corrected chi connectivity index (χ4v) is 1.88. The first-order chi connectivity index (χ1) is 7.29. The molecule has 0 bridgehead atoms. The molecule has 1 aromatic rings. The topological polar surface area (TPSA) is 39.9 Å². The van der Waals surface area contributed by atoms with Gasteiger partial charge in [-0.3, -0.25) is 0 Å². The smallest absolute Gasteiger partial charge is 0.128 e. The van der Waals surface area contributed by atoms with Gasteiger partial charge in [-0.05, 0) is 30.9 Å². The summed E-state index contributed by atoms with van der Waals surface area (Å²) in [5.74, 6) is 1.60. The first-order valence-electron chi connectivity index (χ1n) is 5.24. The number of hydrogen-bond acceptors (Lipinski definition) is 3. The quantitative estimate of drug-likeness (QED) is 0.696. The fourth-order valence-electron chi connectivity index (χ4n) is 1.88. The lowest BCUT2D eigenvalue weighted by Crippen LogP contribution is -2.35. The van der Waals surface area contributed by atoms with E-state index < -0.39 is 0 Å². The Hall–Kier alpha value is -1.56. The molecular weight excluding hydrogens is 186 g/mol. The Bertz CT molecular complexity index is 363. The van der Waals surface area contributed by atoms with E-state index in [2.05, 4.69) is 29.3 Å². The molecular formula is C12H14N3. The van der Waals surface area contributed by atoms with Crippen LogP contribution in [0.4, 0.5) is 5.82 Å². The van der Waals surface area contributed by atoms with Gasteiger partial charge in [0.1, 0.15) is 11.9 Å². The van der Waals surface area contributed by atoms with Crippen molar-refractivity contribution in [1.29, 1.82) is 5.26 Å². The van der Waals surface area contributed by atoms with Gasteiger partial charge in [0, 0.05) is 19.3 Å². The van der Waals surface area contributed by atoms with Crippen molar-refractivity contribution in [3.8, 4) is 6.07 Å². The van der Waals surface area contributed by atoms with E-state index in [1.807, 2.05) is 12.1 Å².